The van der Waals surface area contributed by atoms with Gasteiger partial charge in [0.25, 0.3) is 5.91 Å². The smallest absolute Gasteiger partial charge is 0.265 e. The molecule has 0 saturated heterocycles. The van der Waals surface area contributed by atoms with Gasteiger partial charge >= 0.3 is 0 Å². The minimum absolute atomic E-state index is 0.0631. The molecule has 2 aliphatic rings. The Kier molecular flexibility index (Phi) is 4.08. The molecule has 0 bridgehead atoms. The van der Waals surface area contributed by atoms with Crippen LogP contribution in [0.3, 0.4) is 0 Å². The third-order valence-corrected chi connectivity index (χ3v) is 4.17. The molecule has 0 atom stereocenters. The lowest BCUT2D eigenvalue weighted by Crippen LogP contribution is -2.44. The van der Waals surface area contributed by atoms with Crippen molar-refractivity contribution in [3.05, 3.63) is 24.3 Å². The Morgan fingerprint density at radius 3 is 2.86 bits per heavy atom. The van der Waals surface area contributed by atoms with Gasteiger partial charge in [-0.2, -0.15) is 0 Å². The number of hydrogen-bond donors (Lipinski definition) is 1. The zero-order valence-electron chi connectivity index (χ0n) is 12.0. The van der Waals surface area contributed by atoms with E-state index in [2.05, 4.69) is 5.32 Å². The lowest BCUT2D eigenvalue weighted by molar-refractivity contribution is -0.125. The molecule has 0 radical (unpaired) electrons. The van der Waals surface area contributed by atoms with Crippen LogP contribution in [0, 0.1) is 5.92 Å². The number of carbonyl (C=O) groups is 2. The Balaban J connectivity index is 1.57. The van der Waals surface area contributed by atoms with Crippen molar-refractivity contribution in [3.63, 3.8) is 0 Å². The molecule has 1 aliphatic heterocycles. The molecule has 2 amide bonds. The van der Waals surface area contributed by atoms with Crippen molar-refractivity contribution in [2.45, 2.75) is 25.7 Å². The predicted octanol–water partition coefficient (Wildman–Crippen LogP) is 1.72. The molecule has 1 fully saturated rings. The van der Waals surface area contributed by atoms with E-state index in [0.717, 1.165) is 37.1 Å². The Morgan fingerprint density at radius 2 is 2.05 bits per heavy atom. The van der Waals surface area contributed by atoms with E-state index < -0.39 is 0 Å². The first kappa shape index (κ1) is 13.9. The van der Waals surface area contributed by atoms with Crippen molar-refractivity contribution in [1.82, 2.24) is 5.32 Å². The first-order valence-electron chi connectivity index (χ1n) is 7.55. The fourth-order valence-corrected chi connectivity index (χ4v) is 3.02. The second kappa shape index (κ2) is 6.16. The van der Waals surface area contributed by atoms with Gasteiger partial charge in [-0.1, -0.05) is 25.0 Å². The van der Waals surface area contributed by atoms with E-state index in [4.69, 9.17) is 4.74 Å². The van der Waals surface area contributed by atoms with Crippen LogP contribution >= 0.6 is 0 Å². The third kappa shape index (κ3) is 3.01. The number of carbonyl (C=O) groups excluding carboxylic acids is 2. The second-order valence-electron chi connectivity index (χ2n) is 5.57. The molecule has 0 unspecified atom stereocenters. The Labute approximate surface area is 124 Å². The highest BCUT2D eigenvalue weighted by Crippen LogP contribution is 2.31. The molecule has 112 valence electrons. The summed E-state index contributed by atoms with van der Waals surface area (Å²) in [5.74, 6) is 0.946. The Hall–Kier alpha value is -2.04. The minimum Gasteiger partial charge on any atom is -0.482 e. The second-order valence-corrected chi connectivity index (χ2v) is 5.57. The quantitative estimate of drug-likeness (QED) is 0.917. The Bertz CT molecular complexity index is 538. The molecule has 1 aliphatic carbocycles. The number of hydrogen-bond acceptors (Lipinski definition) is 3. The van der Waals surface area contributed by atoms with Crippen LogP contribution in [0.4, 0.5) is 5.69 Å². The highest BCUT2D eigenvalue weighted by molar-refractivity contribution is 5.97. The topological polar surface area (TPSA) is 58.6 Å². The lowest BCUT2D eigenvalue weighted by atomic mass is 10.1. The van der Waals surface area contributed by atoms with Crippen LogP contribution in [-0.4, -0.2) is 31.5 Å². The number of rotatable bonds is 4. The standard InChI is InChI=1S/C16H20N2O3/c19-15-11-21-14-8-4-3-7-13(14)18(15)10-9-17-16(20)12-5-1-2-6-12/h3-4,7-8,12H,1-2,5-6,9-11H2,(H,17,20). The lowest BCUT2D eigenvalue weighted by Gasteiger charge is -2.29. The van der Waals surface area contributed by atoms with Crippen molar-refractivity contribution < 1.29 is 14.3 Å². The van der Waals surface area contributed by atoms with Gasteiger partial charge in [0.05, 0.1) is 5.69 Å². The monoisotopic (exact) mass is 288 g/mol. The third-order valence-electron chi connectivity index (χ3n) is 4.17. The van der Waals surface area contributed by atoms with E-state index in [0.29, 0.717) is 13.1 Å². The molecule has 21 heavy (non-hydrogen) atoms. The zero-order valence-corrected chi connectivity index (χ0v) is 12.0. The molecule has 0 aromatic heterocycles. The van der Waals surface area contributed by atoms with Crippen molar-refractivity contribution in [2.75, 3.05) is 24.6 Å². The molecule has 1 aromatic rings. The first-order valence-corrected chi connectivity index (χ1v) is 7.55. The molecule has 1 N–H and O–H groups in total. The molecule has 5 heteroatoms. The summed E-state index contributed by atoms with van der Waals surface area (Å²) >= 11 is 0. The summed E-state index contributed by atoms with van der Waals surface area (Å²) in [5, 5.41) is 2.95. The molecule has 1 heterocycles. The highest BCUT2D eigenvalue weighted by atomic mass is 16.5. The number of benzene rings is 1. The van der Waals surface area contributed by atoms with Gasteiger partial charge in [-0.15, -0.1) is 0 Å². The molecular formula is C16H20N2O3. The molecule has 5 nitrogen and oxygen atoms in total. The average Bonchev–Trinajstić information content (AvgIpc) is 3.04. The molecular weight excluding hydrogens is 268 g/mol. The fraction of sp³-hybridized carbons (Fsp3) is 0.500. The van der Waals surface area contributed by atoms with E-state index in [-0.39, 0.29) is 24.3 Å². The number of para-hydroxylation sites is 2. The van der Waals surface area contributed by atoms with Crippen LogP contribution in [0.15, 0.2) is 24.3 Å². The summed E-state index contributed by atoms with van der Waals surface area (Å²) in [7, 11) is 0. The molecule has 0 spiro atoms. The van der Waals surface area contributed by atoms with Gasteiger partial charge < -0.3 is 15.0 Å². The van der Waals surface area contributed by atoms with E-state index >= 15 is 0 Å². The largest absolute Gasteiger partial charge is 0.482 e. The van der Waals surface area contributed by atoms with E-state index in [1.807, 2.05) is 24.3 Å². The minimum atomic E-state index is -0.0659. The van der Waals surface area contributed by atoms with Gasteiger partial charge in [-0.3, -0.25) is 9.59 Å². The van der Waals surface area contributed by atoms with Crippen LogP contribution in [-0.2, 0) is 9.59 Å². The van der Waals surface area contributed by atoms with Gasteiger partial charge in [0, 0.05) is 19.0 Å². The van der Waals surface area contributed by atoms with E-state index in [1.165, 1.54) is 0 Å². The van der Waals surface area contributed by atoms with Gasteiger partial charge in [-0.25, -0.2) is 0 Å². The van der Waals surface area contributed by atoms with Crippen LogP contribution < -0.4 is 15.0 Å². The molecule has 3 rings (SSSR count). The maximum Gasteiger partial charge on any atom is 0.265 e. The normalized spacial score (nSPS) is 18.3. The van der Waals surface area contributed by atoms with E-state index in [9.17, 15) is 9.59 Å². The summed E-state index contributed by atoms with van der Waals surface area (Å²) in [6.07, 6.45) is 4.27. The summed E-state index contributed by atoms with van der Waals surface area (Å²) in [5.41, 5.74) is 0.781. The predicted molar refractivity (Wildman–Crippen MR) is 79.3 cm³/mol. The van der Waals surface area contributed by atoms with Crippen molar-refractivity contribution >= 4 is 17.5 Å². The SMILES string of the molecule is O=C(NCCN1C(=O)COc2ccccc21)C1CCCC1. The molecule has 1 saturated carbocycles. The van der Waals surface area contributed by atoms with Crippen LogP contribution in [0.5, 0.6) is 5.75 Å². The van der Waals surface area contributed by atoms with Gasteiger partial charge in [0.15, 0.2) is 6.61 Å². The number of amides is 2. The number of nitrogens with one attached hydrogen (secondary N) is 1. The van der Waals surface area contributed by atoms with Crippen molar-refractivity contribution in [2.24, 2.45) is 5.92 Å². The maximum absolute atomic E-state index is 12.0. The van der Waals surface area contributed by atoms with Crippen molar-refractivity contribution in [1.29, 1.82) is 0 Å². The Morgan fingerprint density at radius 1 is 1.29 bits per heavy atom. The number of fused-ring (bicyclic) bond motifs is 1. The highest BCUT2D eigenvalue weighted by Gasteiger charge is 2.26. The molecule has 1 aromatic carbocycles. The van der Waals surface area contributed by atoms with Gasteiger partial charge in [0.1, 0.15) is 5.75 Å². The number of ether oxygens (including phenoxy) is 1. The van der Waals surface area contributed by atoms with Crippen molar-refractivity contribution in [3.8, 4) is 5.75 Å². The fourth-order valence-electron chi connectivity index (χ4n) is 3.02. The van der Waals surface area contributed by atoms with E-state index in [1.54, 1.807) is 4.90 Å². The van der Waals surface area contributed by atoms with Crippen LogP contribution in [0.1, 0.15) is 25.7 Å². The number of nitrogens with zero attached hydrogens (tertiary/aromatic N) is 1. The van der Waals surface area contributed by atoms with Gasteiger partial charge in [-0.05, 0) is 25.0 Å². The zero-order chi connectivity index (χ0) is 14.7. The number of anilines is 1. The maximum atomic E-state index is 12.0. The summed E-state index contributed by atoms with van der Waals surface area (Å²) in [6, 6.07) is 7.48. The first-order chi connectivity index (χ1) is 10.3. The summed E-state index contributed by atoms with van der Waals surface area (Å²) < 4.78 is 5.40. The van der Waals surface area contributed by atoms with Gasteiger partial charge in [0.2, 0.25) is 5.91 Å². The average molecular weight is 288 g/mol. The summed E-state index contributed by atoms with van der Waals surface area (Å²) in [4.78, 5) is 25.6. The summed E-state index contributed by atoms with van der Waals surface area (Å²) in [6.45, 7) is 1.03. The van der Waals surface area contributed by atoms with Crippen LogP contribution in [0.25, 0.3) is 0 Å². The van der Waals surface area contributed by atoms with Crippen LogP contribution in [0.2, 0.25) is 0 Å².